The summed E-state index contributed by atoms with van der Waals surface area (Å²) >= 11 is 0. The van der Waals surface area contributed by atoms with E-state index in [1.807, 2.05) is 6.92 Å². The molecule has 2 N–H and O–H groups in total. The van der Waals surface area contributed by atoms with E-state index in [1.165, 1.54) is 22.5 Å². The van der Waals surface area contributed by atoms with E-state index in [0.717, 1.165) is 19.3 Å². The number of hydrogen-bond donors (Lipinski definition) is 2. The molecule has 34 heavy (non-hydrogen) atoms. The highest BCUT2D eigenvalue weighted by Crippen LogP contribution is 2.56. The molecule has 1 aromatic carbocycles. The predicted molar refractivity (Wildman–Crippen MR) is 124 cm³/mol. The van der Waals surface area contributed by atoms with E-state index in [0.29, 0.717) is 43.6 Å². The number of carbonyl (C=O) groups excluding carboxylic acids is 1. The number of non-ortho nitro benzene ring substituents is 1. The lowest BCUT2D eigenvalue weighted by atomic mass is 9.52. The summed E-state index contributed by atoms with van der Waals surface area (Å²) in [6.45, 7) is 3.62. The van der Waals surface area contributed by atoms with Crippen molar-refractivity contribution in [3.8, 4) is 0 Å². The molecule has 1 aliphatic heterocycles. The molecule has 0 aromatic heterocycles. The summed E-state index contributed by atoms with van der Waals surface area (Å²) < 4.78 is 28.8. The Balaban J connectivity index is 1.42. The standard InChI is InChI=1S/C24H33N3O6S/c1-3-24(22(28)25-21-17-10-16-11-18(21)14-23(29,12-16)13-17)7-4-8-26(24)34(32,33)20-6-5-19(27(30)31)9-15(20)2/h5-6,9,16-18,21,29H,3-4,7-8,10-14H2,1-2H3,(H,25,28)/t16?,17?,18?,21?,23?,24-/m1/s1. The molecule has 1 amide bonds. The fourth-order valence-corrected chi connectivity index (χ4v) is 9.68. The summed E-state index contributed by atoms with van der Waals surface area (Å²) in [6.07, 6.45) is 5.64. The van der Waals surface area contributed by atoms with Gasteiger partial charge in [-0.3, -0.25) is 14.9 Å². The number of nitro benzene ring substituents is 1. The van der Waals surface area contributed by atoms with E-state index in [9.17, 15) is 28.4 Å². The van der Waals surface area contributed by atoms with Gasteiger partial charge in [0.25, 0.3) is 5.69 Å². The number of aliphatic hydroxyl groups is 1. The maximum Gasteiger partial charge on any atom is 0.269 e. The third-order valence-corrected chi connectivity index (χ3v) is 11.0. The number of sulfonamides is 1. The van der Waals surface area contributed by atoms with Gasteiger partial charge in [0.15, 0.2) is 0 Å². The molecule has 186 valence electrons. The molecule has 0 spiro atoms. The number of carbonyl (C=O) groups is 1. The Morgan fingerprint density at radius 2 is 1.94 bits per heavy atom. The second kappa shape index (κ2) is 7.99. The highest BCUT2D eigenvalue weighted by Gasteiger charge is 2.57. The first-order valence-corrected chi connectivity index (χ1v) is 13.7. The Labute approximate surface area is 200 Å². The molecular formula is C24H33N3O6S. The highest BCUT2D eigenvalue weighted by atomic mass is 32.2. The zero-order chi connectivity index (χ0) is 24.5. The maximum atomic E-state index is 13.8. The zero-order valence-electron chi connectivity index (χ0n) is 19.7. The molecule has 1 aromatic rings. The van der Waals surface area contributed by atoms with Crippen molar-refractivity contribution in [1.82, 2.24) is 9.62 Å². The van der Waals surface area contributed by atoms with Gasteiger partial charge in [0.05, 0.1) is 15.4 Å². The van der Waals surface area contributed by atoms with Gasteiger partial charge in [0.2, 0.25) is 15.9 Å². The number of nitro groups is 1. The molecule has 10 heteroatoms. The fraction of sp³-hybridized carbons (Fsp3) is 0.708. The van der Waals surface area contributed by atoms with Gasteiger partial charge in [-0.25, -0.2) is 8.42 Å². The summed E-state index contributed by atoms with van der Waals surface area (Å²) in [4.78, 5) is 24.4. The summed E-state index contributed by atoms with van der Waals surface area (Å²) in [5, 5.41) is 25.2. The van der Waals surface area contributed by atoms with Crippen LogP contribution in [0.3, 0.4) is 0 Å². The van der Waals surface area contributed by atoms with Crippen molar-refractivity contribution in [3.05, 3.63) is 33.9 Å². The first-order valence-electron chi connectivity index (χ1n) is 12.3. The third kappa shape index (κ3) is 3.56. The second-order valence-electron chi connectivity index (χ2n) is 11.0. The minimum atomic E-state index is -4.04. The number of hydrogen-bond acceptors (Lipinski definition) is 6. The Hall–Kier alpha value is -2.04. The van der Waals surface area contributed by atoms with E-state index in [1.54, 1.807) is 6.92 Å². The van der Waals surface area contributed by atoms with Crippen LogP contribution in [-0.2, 0) is 14.8 Å². The molecule has 4 saturated carbocycles. The minimum Gasteiger partial charge on any atom is -0.390 e. The van der Waals surface area contributed by atoms with Crippen LogP contribution in [0.2, 0.25) is 0 Å². The second-order valence-corrected chi connectivity index (χ2v) is 12.8. The number of nitrogens with zero attached hydrogens (tertiary/aromatic N) is 2. The molecule has 3 atom stereocenters. The molecule has 9 nitrogen and oxygen atoms in total. The lowest BCUT2D eigenvalue weighted by molar-refractivity contribution is -0.385. The molecule has 4 bridgehead atoms. The van der Waals surface area contributed by atoms with E-state index in [4.69, 9.17) is 0 Å². The molecule has 2 unspecified atom stereocenters. The average molecular weight is 492 g/mol. The molecule has 1 heterocycles. The van der Waals surface area contributed by atoms with Crippen molar-refractivity contribution in [2.45, 2.75) is 87.3 Å². The van der Waals surface area contributed by atoms with Gasteiger partial charge >= 0.3 is 0 Å². The van der Waals surface area contributed by atoms with E-state index in [2.05, 4.69) is 5.32 Å². The van der Waals surface area contributed by atoms with Crippen LogP contribution in [-0.4, -0.2) is 52.4 Å². The minimum absolute atomic E-state index is 0.00229. The molecule has 0 radical (unpaired) electrons. The lowest BCUT2D eigenvalue weighted by Gasteiger charge is -2.58. The topological polar surface area (TPSA) is 130 Å². The van der Waals surface area contributed by atoms with Crippen molar-refractivity contribution >= 4 is 21.6 Å². The first kappa shape index (κ1) is 23.7. The molecule has 4 aliphatic carbocycles. The number of nitrogens with one attached hydrogen (secondary N) is 1. The molecule has 5 fully saturated rings. The number of rotatable bonds is 6. The highest BCUT2D eigenvalue weighted by molar-refractivity contribution is 7.89. The monoisotopic (exact) mass is 491 g/mol. The largest absolute Gasteiger partial charge is 0.390 e. The maximum absolute atomic E-state index is 13.8. The number of aryl methyl sites for hydroxylation is 1. The van der Waals surface area contributed by atoms with Crippen LogP contribution in [0.1, 0.15) is 63.9 Å². The summed E-state index contributed by atoms with van der Waals surface area (Å²) in [7, 11) is -4.04. The van der Waals surface area contributed by atoms with Gasteiger partial charge < -0.3 is 10.4 Å². The van der Waals surface area contributed by atoms with Crippen molar-refractivity contribution < 1.29 is 23.2 Å². The normalized spacial score (nSPS) is 37.1. The van der Waals surface area contributed by atoms with Gasteiger partial charge in [-0.05, 0) is 87.7 Å². The van der Waals surface area contributed by atoms with Gasteiger partial charge in [0, 0.05) is 24.7 Å². The smallest absolute Gasteiger partial charge is 0.269 e. The van der Waals surface area contributed by atoms with Gasteiger partial charge in [-0.2, -0.15) is 4.31 Å². The Morgan fingerprint density at radius 3 is 2.50 bits per heavy atom. The molecule has 1 saturated heterocycles. The Bertz CT molecular complexity index is 1120. The third-order valence-electron chi connectivity index (χ3n) is 8.91. The summed E-state index contributed by atoms with van der Waals surface area (Å²) in [5.41, 5.74) is -1.66. The Morgan fingerprint density at radius 1 is 1.26 bits per heavy atom. The van der Waals surface area contributed by atoms with Crippen LogP contribution >= 0.6 is 0 Å². The van der Waals surface area contributed by atoms with Crippen molar-refractivity contribution in [2.75, 3.05) is 6.54 Å². The fourth-order valence-electron chi connectivity index (χ4n) is 7.60. The van der Waals surface area contributed by atoms with Crippen LogP contribution in [0, 0.1) is 34.8 Å². The lowest BCUT2D eigenvalue weighted by Crippen LogP contribution is -2.65. The molecular weight excluding hydrogens is 458 g/mol. The van der Waals surface area contributed by atoms with Gasteiger partial charge in [0.1, 0.15) is 5.54 Å². The van der Waals surface area contributed by atoms with Crippen LogP contribution in [0.5, 0.6) is 0 Å². The van der Waals surface area contributed by atoms with Crippen LogP contribution in [0.15, 0.2) is 23.1 Å². The Kier molecular flexibility index (Phi) is 5.57. The van der Waals surface area contributed by atoms with Crippen molar-refractivity contribution in [2.24, 2.45) is 17.8 Å². The van der Waals surface area contributed by atoms with E-state index >= 15 is 0 Å². The average Bonchev–Trinajstić information content (AvgIpc) is 3.21. The quantitative estimate of drug-likeness (QED) is 0.465. The zero-order valence-corrected chi connectivity index (χ0v) is 20.5. The molecule has 5 aliphatic rings. The molecule has 6 rings (SSSR count). The predicted octanol–water partition coefficient (Wildman–Crippen LogP) is 2.89. The summed E-state index contributed by atoms with van der Waals surface area (Å²) in [6, 6.07) is 3.70. The summed E-state index contributed by atoms with van der Waals surface area (Å²) in [5.74, 6) is 0.735. The number of benzene rings is 1. The van der Waals surface area contributed by atoms with Crippen molar-refractivity contribution in [3.63, 3.8) is 0 Å². The first-order chi connectivity index (χ1) is 16.0. The van der Waals surface area contributed by atoms with Gasteiger partial charge in [-0.1, -0.05) is 6.92 Å². The van der Waals surface area contributed by atoms with E-state index < -0.39 is 26.1 Å². The SMILES string of the molecule is CC[C@]1(C(=O)NC2C3CC4CC2CC(O)(C4)C3)CCCN1S(=O)(=O)c1ccc([N+](=O)[O-])cc1C. The van der Waals surface area contributed by atoms with Crippen molar-refractivity contribution in [1.29, 1.82) is 0 Å². The van der Waals surface area contributed by atoms with Crippen LogP contribution in [0.25, 0.3) is 0 Å². The van der Waals surface area contributed by atoms with Crippen LogP contribution < -0.4 is 5.32 Å². The van der Waals surface area contributed by atoms with Crippen LogP contribution in [0.4, 0.5) is 5.69 Å². The number of amides is 1. The van der Waals surface area contributed by atoms with Gasteiger partial charge in [-0.15, -0.1) is 0 Å². The van der Waals surface area contributed by atoms with E-state index in [-0.39, 0.29) is 40.9 Å².